The van der Waals surface area contributed by atoms with Crippen LogP contribution in [-0.2, 0) is 9.53 Å². The molecule has 0 aliphatic rings. The Balaban J connectivity index is 2.65. The average molecular weight is 209 g/mol. The van der Waals surface area contributed by atoms with Crippen molar-refractivity contribution in [3.63, 3.8) is 0 Å². The maximum atomic E-state index is 11.2. The Morgan fingerprint density at radius 1 is 1.67 bits per heavy atom. The van der Waals surface area contributed by atoms with Crippen LogP contribution in [0.25, 0.3) is 0 Å². The van der Waals surface area contributed by atoms with E-state index >= 15 is 0 Å². The Kier molecular flexibility index (Phi) is 4.05. The molecule has 5 heteroatoms. The molecular formula is C10H15N3O2. The van der Waals surface area contributed by atoms with Gasteiger partial charge >= 0.3 is 5.97 Å². The van der Waals surface area contributed by atoms with Gasteiger partial charge in [-0.1, -0.05) is 6.07 Å². The van der Waals surface area contributed by atoms with Crippen molar-refractivity contribution < 1.29 is 9.53 Å². The van der Waals surface area contributed by atoms with Crippen LogP contribution in [0.2, 0.25) is 0 Å². The highest BCUT2D eigenvalue weighted by Crippen LogP contribution is 2.18. The third kappa shape index (κ3) is 3.21. The summed E-state index contributed by atoms with van der Waals surface area (Å²) in [6.07, 6.45) is 1.69. The molecule has 1 heterocycles. The molecule has 4 N–H and O–H groups in total. The van der Waals surface area contributed by atoms with Gasteiger partial charge in [0.15, 0.2) is 0 Å². The summed E-state index contributed by atoms with van der Waals surface area (Å²) in [5.74, 6) is 0.0301. The van der Waals surface area contributed by atoms with Crippen molar-refractivity contribution in [3.8, 4) is 0 Å². The molecule has 5 nitrogen and oxygen atoms in total. The van der Waals surface area contributed by atoms with Crippen molar-refractivity contribution in [1.82, 2.24) is 4.98 Å². The molecule has 0 unspecified atom stereocenters. The van der Waals surface area contributed by atoms with E-state index in [2.05, 4.69) is 4.98 Å². The third-order valence-corrected chi connectivity index (χ3v) is 1.96. The van der Waals surface area contributed by atoms with Gasteiger partial charge in [-0.3, -0.25) is 4.79 Å². The van der Waals surface area contributed by atoms with Crippen molar-refractivity contribution in [2.45, 2.75) is 19.4 Å². The Morgan fingerprint density at radius 3 is 3.00 bits per heavy atom. The fourth-order valence-electron chi connectivity index (χ4n) is 1.25. The lowest BCUT2D eigenvalue weighted by Crippen LogP contribution is -2.18. The van der Waals surface area contributed by atoms with Crippen LogP contribution < -0.4 is 11.5 Å². The molecule has 82 valence electrons. The number of carbonyl (C=O) groups is 1. The normalized spacial score (nSPS) is 12.1. The van der Waals surface area contributed by atoms with Gasteiger partial charge in [0, 0.05) is 17.8 Å². The summed E-state index contributed by atoms with van der Waals surface area (Å²) in [6.45, 7) is 2.11. The van der Waals surface area contributed by atoms with Crippen LogP contribution in [0.4, 0.5) is 5.82 Å². The molecule has 0 aromatic carbocycles. The Bertz CT molecular complexity index is 341. The van der Waals surface area contributed by atoms with Crippen LogP contribution in [0.5, 0.6) is 0 Å². The summed E-state index contributed by atoms with van der Waals surface area (Å²) < 4.78 is 4.79. The number of ether oxygens (including phenoxy) is 1. The number of esters is 1. The highest BCUT2D eigenvalue weighted by Gasteiger charge is 2.14. The van der Waals surface area contributed by atoms with Crippen LogP contribution in [-0.4, -0.2) is 17.6 Å². The first kappa shape index (κ1) is 11.5. The molecule has 15 heavy (non-hydrogen) atoms. The predicted molar refractivity (Wildman–Crippen MR) is 56.8 cm³/mol. The Morgan fingerprint density at radius 2 is 2.40 bits per heavy atom. The predicted octanol–water partition coefficient (Wildman–Crippen LogP) is 0.617. The summed E-state index contributed by atoms with van der Waals surface area (Å²) in [6, 6.07) is 3.03. The monoisotopic (exact) mass is 209 g/mol. The molecule has 1 rings (SSSR count). The number of rotatable bonds is 4. The summed E-state index contributed by atoms with van der Waals surface area (Å²) in [4.78, 5) is 15.1. The summed E-state index contributed by atoms with van der Waals surface area (Å²) in [5.41, 5.74) is 12.1. The topological polar surface area (TPSA) is 91.2 Å². The van der Waals surface area contributed by atoms with Gasteiger partial charge in [0.1, 0.15) is 5.82 Å². The minimum absolute atomic E-state index is 0.115. The Labute approximate surface area is 88.4 Å². The Hall–Kier alpha value is -1.62. The van der Waals surface area contributed by atoms with Crippen molar-refractivity contribution in [3.05, 3.63) is 23.9 Å². The molecule has 0 radical (unpaired) electrons. The second-order valence-corrected chi connectivity index (χ2v) is 3.09. The van der Waals surface area contributed by atoms with Crippen molar-refractivity contribution in [1.29, 1.82) is 0 Å². The van der Waals surface area contributed by atoms with Crippen LogP contribution >= 0.6 is 0 Å². The molecule has 0 bridgehead atoms. The van der Waals surface area contributed by atoms with E-state index in [1.165, 1.54) is 0 Å². The second kappa shape index (κ2) is 5.31. The first-order chi connectivity index (χ1) is 7.15. The summed E-state index contributed by atoms with van der Waals surface area (Å²) >= 11 is 0. The van der Waals surface area contributed by atoms with Crippen LogP contribution in [0.15, 0.2) is 18.3 Å². The molecule has 1 aromatic heterocycles. The maximum absolute atomic E-state index is 11.2. The first-order valence-corrected chi connectivity index (χ1v) is 4.76. The zero-order valence-electron chi connectivity index (χ0n) is 8.64. The van der Waals surface area contributed by atoms with E-state index in [1.54, 1.807) is 25.3 Å². The number of hydrogen-bond acceptors (Lipinski definition) is 5. The number of nitrogens with two attached hydrogens (primary N) is 2. The molecule has 0 fully saturated rings. The van der Waals surface area contributed by atoms with Gasteiger partial charge in [0.2, 0.25) is 0 Å². The van der Waals surface area contributed by atoms with E-state index < -0.39 is 6.04 Å². The van der Waals surface area contributed by atoms with Crippen molar-refractivity contribution in [2.24, 2.45) is 5.73 Å². The smallest absolute Gasteiger partial charge is 0.307 e. The molecule has 0 spiro atoms. The fourth-order valence-corrected chi connectivity index (χ4v) is 1.25. The molecule has 1 aromatic rings. The highest BCUT2D eigenvalue weighted by molar-refractivity contribution is 5.70. The molecule has 0 amide bonds. The van der Waals surface area contributed by atoms with Gasteiger partial charge in [-0.2, -0.15) is 0 Å². The zero-order valence-corrected chi connectivity index (χ0v) is 8.64. The number of nitrogens with zero attached hydrogens (tertiary/aromatic N) is 1. The van der Waals surface area contributed by atoms with Crippen LogP contribution in [0.1, 0.15) is 24.9 Å². The van der Waals surface area contributed by atoms with Gasteiger partial charge in [-0.05, 0) is 13.0 Å². The number of aromatic nitrogens is 1. The highest BCUT2D eigenvalue weighted by atomic mass is 16.5. The van der Waals surface area contributed by atoms with Gasteiger partial charge < -0.3 is 16.2 Å². The number of hydrogen-bond donors (Lipinski definition) is 2. The van der Waals surface area contributed by atoms with E-state index in [-0.39, 0.29) is 12.4 Å². The SMILES string of the molecule is CCOC(=O)C[C@H](N)c1cccnc1N. The first-order valence-electron chi connectivity index (χ1n) is 4.76. The number of carbonyl (C=O) groups excluding carboxylic acids is 1. The van der Waals surface area contributed by atoms with E-state index in [4.69, 9.17) is 16.2 Å². The lowest BCUT2D eigenvalue weighted by atomic mass is 10.1. The lowest BCUT2D eigenvalue weighted by molar-refractivity contribution is -0.143. The second-order valence-electron chi connectivity index (χ2n) is 3.09. The van der Waals surface area contributed by atoms with E-state index in [0.29, 0.717) is 18.0 Å². The molecule has 1 atom stereocenters. The lowest BCUT2D eigenvalue weighted by Gasteiger charge is -2.12. The number of nitrogen functional groups attached to an aromatic ring is 1. The molecule has 0 saturated carbocycles. The van der Waals surface area contributed by atoms with E-state index in [9.17, 15) is 4.79 Å². The largest absolute Gasteiger partial charge is 0.466 e. The van der Waals surface area contributed by atoms with Gasteiger partial charge in [-0.25, -0.2) is 4.98 Å². The number of anilines is 1. The minimum atomic E-state index is -0.460. The quantitative estimate of drug-likeness (QED) is 0.709. The van der Waals surface area contributed by atoms with Crippen molar-refractivity contribution in [2.75, 3.05) is 12.3 Å². The van der Waals surface area contributed by atoms with Gasteiger partial charge in [0.05, 0.1) is 13.0 Å². The minimum Gasteiger partial charge on any atom is -0.466 e. The van der Waals surface area contributed by atoms with Gasteiger partial charge in [-0.15, -0.1) is 0 Å². The maximum Gasteiger partial charge on any atom is 0.307 e. The number of pyridine rings is 1. The summed E-state index contributed by atoms with van der Waals surface area (Å²) in [7, 11) is 0. The van der Waals surface area contributed by atoms with Gasteiger partial charge in [0.25, 0.3) is 0 Å². The molecule has 0 aliphatic heterocycles. The fraction of sp³-hybridized carbons (Fsp3) is 0.400. The zero-order chi connectivity index (χ0) is 11.3. The molecular weight excluding hydrogens is 194 g/mol. The standard InChI is InChI=1S/C10H15N3O2/c1-2-15-9(14)6-8(11)7-4-3-5-13-10(7)12/h3-5,8H,2,6,11H2,1H3,(H2,12,13)/t8-/m0/s1. The van der Waals surface area contributed by atoms with Crippen molar-refractivity contribution >= 4 is 11.8 Å². The molecule has 0 aliphatic carbocycles. The van der Waals surface area contributed by atoms with Crippen LogP contribution in [0, 0.1) is 0 Å². The summed E-state index contributed by atoms with van der Waals surface area (Å²) in [5, 5.41) is 0. The van der Waals surface area contributed by atoms with E-state index in [1.807, 2.05) is 0 Å². The van der Waals surface area contributed by atoms with E-state index in [0.717, 1.165) is 0 Å². The molecule has 0 saturated heterocycles. The third-order valence-electron chi connectivity index (χ3n) is 1.96. The van der Waals surface area contributed by atoms with Crippen LogP contribution in [0.3, 0.4) is 0 Å². The average Bonchev–Trinajstić information content (AvgIpc) is 2.18.